The molecular weight excluding hydrogens is 532 g/mol. The van der Waals surface area contributed by atoms with E-state index in [9.17, 15) is 9.59 Å². The minimum atomic E-state index is -0.765. The molecule has 1 aliphatic heterocycles. The maximum Gasteiger partial charge on any atom is 0.338 e. The highest BCUT2D eigenvalue weighted by atomic mass is 79.9. The highest BCUT2D eigenvalue weighted by molar-refractivity contribution is 9.10. The number of aryl methyl sites for hydroxylation is 1. The van der Waals surface area contributed by atoms with E-state index in [0.717, 1.165) is 11.1 Å². The first-order chi connectivity index (χ1) is 16.8. The van der Waals surface area contributed by atoms with E-state index in [1.165, 1.54) is 18.4 Å². The van der Waals surface area contributed by atoms with Gasteiger partial charge in [-0.05, 0) is 50.1 Å². The molecule has 0 saturated carbocycles. The Bertz CT molecular complexity index is 1520. The maximum atomic E-state index is 13.7. The summed E-state index contributed by atoms with van der Waals surface area (Å²) in [4.78, 5) is 32.0. The van der Waals surface area contributed by atoms with Gasteiger partial charge < -0.3 is 14.2 Å². The molecule has 7 nitrogen and oxygen atoms in total. The molecule has 0 amide bonds. The fourth-order valence-electron chi connectivity index (χ4n) is 4.08. The lowest BCUT2D eigenvalue weighted by Gasteiger charge is -2.26. The van der Waals surface area contributed by atoms with Crippen LogP contribution >= 0.6 is 27.3 Å². The summed E-state index contributed by atoms with van der Waals surface area (Å²) >= 11 is 4.89. The van der Waals surface area contributed by atoms with Crippen molar-refractivity contribution >= 4 is 39.3 Å². The van der Waals surface area contributed by atoms with Crippen LogP contribution in [0.5, 0.6) is 11.5 Å². The highest BCUT2D eigenvalue weighted by Crippen LogP contribution is 2.40. The zero-order valence-electron chi connectivity index (χ0n) is 20.0. The standard InChI is InChI=1S/C26H25BrN2O5S/c1-6-34-25(31)22-15(3)28-26-29(23(22)17-12-19(32-4)20(33-5)13-18(17)27)24(30)21(35-26)11-16-9-7-8-14(2)10-16/h7-13,23H,6H2,1-5H3/b21-11+/t23-/m1/s1. The molecule has 1 aliphatic rings. The minimum Gasteiger partial charge on any atom is -0.493 e. The smallest absolute Gasteiger partial charge is 0.338 e. The number of hydrogen-bond acceptors (Lipinski definition) is 7. The van der Waals surface area contributed by atoms with Crippen molar-refractivity contribution in [2.24, 2.45) is 4.99 Å². The zero-order valence-corrected chi connectivity index (χ0v) is 22.5. The van der Waals surface area contributed by atoms with E-state index in [-0.39, 0.29) is 12.2 Å². The summed E-state index contributed by atoms with van der Waals surface area (Å²) in [5.41, 5.74) is 3.23. The summed E-state index contributed by atoms with van der Waals surface area (Å²) in [6, 6.07) is 10.7. The van der Waals surface area contributed by atoms with Gasteiger partial charge in [0, 0.05) is 4.47 Å². The van der Waals surface area contributed by atoms with E-state index < -0.39 is 12.0 Å². The number of rotatable bonds is 6. The van der Waals surface area contributed by atoms with Gasteiger partial charge in [-0.1, -0.05) is 57.1 Å². The zero-order chi connectivity index (χ0) is 25.3. The Morgan fingerprint density at radius 2 is 1.89 bits per heavy atom. The molecular formula is C26H25BrN2O5S. The lowest BCUT2D eigenvalue weighted by Crippen LogP contribution is -2.40. The Morgan fingerprint density at radius 3 is 2.54 bits per heavy atom. The predicted octanol–water partition coefficient (Wildman–Crippen LogP) is 3.89. The molecule has 0 saturated heterocycles. The molecule has 0 bridgehead atoms. The van der Waals surface area contributed by atoms with Crippen LogP contribution in [0.2, 0.25) is 0 Å². The van der Waals surface area contributed by atoms with Crippen molar-refractivity contribution in [2.45, 2.75) is 26.8 Å². The van der Waals surface area contributed by atoms with Gasteiger partial charge in [-0.3, -0.25) is 9.36 Å². The number of fused-ring (bicyclic) bond motifs is 1. The molecule has 2 aromatic carbocycles. The summed E-state index contributed by atoms with van der Waals surface area (Å²) in [6.45, 7) is 5.70. The molecule has 3 aromatic rings. The van der Waals surface area contributed by atoms with Crippen LogP contribution in [0.1, 0.15) is 36.6 Å². The van der Waals surface area contributed by atoms with Crippen LogP contribution in [0.4, 0.5) is 0 Å². The number of halogens is 1. The first kappa shape index (κ1) is 24.9. The van der Waals surface area contributed by atoms with Crippen molar-refractivity contribution in [2.75, 3.05) is 20.8 Å². The Kier molecular flexibility index (Phi) is 7.28. The summed E-state index contributed by atoms with van der Waals surface area (Å²) in [7, 11) is 3.09. The Morgan fingerprint density at radius 1 is 1.17 bits per heavy atom. The molecule has 9 heteroatoms. The molecule has 4 rings (SSSR count). The molecule has 1 atom stereocenters. The third-order valence-electron chi connectivity index (χ3n) is 5.65. The Balaban J connectivity index is 2.02. The average Bonchev–Trinajstić information content (AvgIpc) is 3.12. The van der Waals surface area contributed by atoms with E-state index in [4.69, 9.17) is 14.2 Å². The summed E-state index contributed by atoms with van der Waals surface area (Å²) in [5.74, 6) is 0.479. The Labute approximate surface area is 215 Å². The van der Waals surface area contributed by atoms with E-state index >= 15 is 0 Å². The largest absolute Gasteiger partial charge is 0.493 e. The fourth-order valence-corrected chi connectivity index (χ4v) is 5.66. The molecule has 2 heterocycles. The Hall–Kier alpha value is -3.17. The number of nitrogens with zero attached hydrogens (tertiary/aromatic N) is 2. The van der Waals surface area contributed by atoms with Crippen LogP contribution in [0, 0.1) is 6.92 Å². The van der Waals surface area contributed by atoms with Crippen molar-refractivity contribution in [3.63, 3.8) is 0 Å². The molecule has 0 N–H and O–H groups in total. The van der Waals surface area contributed by atoms with Crippen molar-refractivity contribution < 1.29 is 19.0 Å². The number of aromatic nitrogens is 1. The molecule has 35 heavy (non-hydrogen) atoms. The second-order valence-corrected chi connectivity index (χ2v) is 9.81. The van der Waals surface area contributed by atoms with E-state index in [0.29, 0.717) is 42.1 Å². The van der Waals surface area contributed by atoms with E-state index in [2.05, 4.69) is 20.9 Å². The van der Waals surface area contributed by atoms with Crippen LogP contribution in [0.3, 0.4) is 0 Å². The first-order valence-corrected chi connectivity index (χ1v) is 12.6. The number of methoxy groups -OCH3 is 2. The number of ether oxygens (including phenoxy) is 3. The second kappa shape index (κ2) is 10.2. The van der Waals surface area contributed by atoms with Crippen molar-refractivity contribution in [3.05, 3.63) is 88.5 Å². The number of benzene rings is 2. The molecule has 0 unspecified atom stereocenters. The lowest BCUT2D eigenvalue weighted by atomic mass is 9.95. The number of hydrogen-bond donors (Lipinski definition) is 0. The second-order valence-electron chi connectivity index (χ2n) is 7.95. The third kappa shape index (κ3) is 4.70. The van der Waals surface area contributed by atoms with Crippen molar-refractivity contribution in [3.8, 4) is 11.5 Å². The van der Waals surface area contributed by atoms with Crippen LogP contribution in [-0.2, 0) is 9.53 Å². The van der Waals surface area contributed by atoms with E-state index in [1.807, 2.05) is 37.3 Å². The van der Waals surface area contributed by atoms with Gasteiger partial charge in [0.15, 0.2) is 16.3 Å². The molecule has 1 aromatic heterocycles. The number of allylic oxidation sites excluding steroid dienone is 1. The highest BCUT2D eigenvalue weighted by Gasteiger charge is 2.35. The van der Waals surface area contributed by atoms with Gasteiger partial charge in [-0.2, -0.15) is 0 Å². The monoisotopic (exact) mass is 556 g/mol. The quantitative estimate of drug-likeness (QED) is 0.430. The SMILES string of the molecule is CCOC(=O)C1=C(C)N=c2s/c(=C/c3cccc(C)c3)c(=O)n2[C@@H]1c1cc(OC)c(OC)cc1Br. The normalized spacial score (nSPS) is 15.5. The van der Waals surface area contributed by atoms with Crippen molar-refractivity contribution in [1.82, 2.24) is 4.57 Å². The summed E-state index contributed by atoms with van der Waals surface area (Å²) in [5, 5.41) is 0. The van der Waals surface area contributed by atoms with Gasteiger partial charge in [0.1, 0.15) is 0 Å². The van der Waals surface area contributed by atoms with E-state index in [1.54, 1.807) is 37.7 Å². The average molecular weight is 557 g/mol. The topological polar surface area (TPSA) is 79.1 Å². The minimum absolute atomic E-state index is 0.202. The van der Waals surface area contributed by atoms with Crippen molar-refractivity contribution in [1.29, 1.82) is 0 Å². The van der Waals surface area contributed by atoms with Crippen LogP contribution in [0.25, 0.3) is 6.08 Å². The van der Waals surface area contributed by atoms with Crippen LogP contribution in [0.15, 0.2) is 61.9 Å². The van der Waals surface area contributed by atoms with Gasteiger partial charge in [-0.25, -0.2) is 9.79 Å². The fraction of sp³-hybridized carbons (Fsp3) is 0.269. The molecule has 0 spiro atoms. The molecule has 182 valence electrons. The number of esters is 1. The van der Waals surface area contributed by atoms with Gasteiger partial charge in [0.25, 0.3) is 5.56 Å². The van der Waals surface area contributed by atoms with Gasteiger partial charge in [0.05, 0.1) is 42.7 Å². The van der Waals surface area contributed by atoms with Gasteiger partial charge >= 0.3 is 5.97 Å². The molecule has 0 fully saturated rings. The number of carbonyl (C=O) groups excluding carboxylic acids is 1. The number of carbonyl (C=O) groups is 1. The maximum absolute atomic E-state index is 13.7. The van der Waals surface area contributed by atoms with Gasteiger partial charge in [0.2, 0.25) is 0 Å². The predicted molar refractivity (Wildman–Crippen MR) is 139 cm³/mol. The molecule has 0 aliphatic carbocycles. The van der Waals surface area contributed by atoms with Crippen LogP contribution < -0.4 is 24.4 Å². The third-order valence-corrected chi connectivity index (χ3v) is 7.32. The summed E-state index contributed by atoms with van der Waals surface area (Å²) in [6.07, 6.45) is 1.85. The first-order valence-electron chi connectivity index (χ1n) is 11.0. The lowest BCUT2D eigenvalue weighted by molar-refractivity contribution is -0.139. The molecule has 0 radical (unpaired) electrons. The van der Waals surface area contributed by atoms with Crippen LogP contribution in [-0.4, -0.2) is 31.4 Å². The number of thiazole rings is 1. The summed E-state index contributed by atoms with van der Waals surface area (Å²) < 4.78 is 19.0. The van der Waals surface area contributed by atoms with Gasteiger partial charge in [-0.15, -0.1) is 0 Å².